The number of rotatable bonds is 24. The fourth-order valence-electron chi connectivity index (χ4n) is 4.54. The van der Waals surface area contributed by atoms with Gasteiger partial charge in [-0.3, -0.25) is 9.05 Å². The van der Waals surface area contributed by atoms with Gasteiger partial charge < -0.3 is 19.7 Å². The summed E-state index contributed by atoms with van der Waals surface area (Å²) in [4.78, 5) is 21.7. The Kier molecular flexibility index (Phi) is 19.7. The van der Waals surface area contributed by atoms with E-state index in [-0.39, 0.29) is 19.8 Å². The van der Waals surface area contributed by atoms with Gasteiger partial charge >= 0.3 is 13.9 Å². The van der Waals surface area contributed by atoms with E-state index in [1.54, 1.807) is 6.92 Å². The molecule has 0 bridgehead atoms. The second-order valence-electron chi connectivity index (χ2n) is 10.1. The summed E-state index contributed by atoms with van der Waals surface area (Å²) in [5.74, 6) is 0. The lowest BCUT2D eigenvalue weighted by molar-refractivity contribution is -0.0741. The first-order valence-corrected chi connectivity index (χ1v) is 16.1. The van der Waals surface area contributed by atoms with Crippen LogP contribution in [0.4, 0.5) is 4.79 Å². The second-order valence-corrected chi connectivity index (χ2v) is 11.6. The average molecular weight is 536 g/mol. The first-order chi connectivity index (χ1) is 17.4. The van der Waals surface area contributed by atoms with E-state index in [2.05, 4.69) is 12.2 Å². The summed E-state index contributed by atoms with van der Waals surface area (Å²) < 4.78 is 32.5. The second kappa shape index (κ2) is 21.3. The molecule has 0 aliphatic carbocycles. The number of nitrogens with one attached hydrogen (secondary N) is 1. The van der Waals surface area contributed by atoms with Crippen molar-refractivity contribution < 1.29 is 32.8 Å². The molecule has 1 amide bonds. The maximum absolute atomic E-state index is 12.0. The van der Waals surface area contributed by atoms with Gasteiger partial charge in [0.15, 0.2) is 0 Å². The minimum atomic E-state index is -4.12. The third-order valence-electron chi connectivity index (χ3n) is 6.73. The molecule has 1 saturated heterocycles. The number of phosphoric ester groups is 1. The summed E-state index contributed by atoms with van der Waals surface area (Å²) in [6.07, 6.45) is 21.9. The Hall–Kier alpha value is -0.660. The maximum Gasteiger partial charge on any atom is 0.472 e. The molecule has 1 rings (SSSR count). The van der Waals surface area contributed by atoms with Gasteiger partial charge in [-0.25, -0.2) is 9.36 Å². The number of phosphoric acid groups is 1. The Balaban J connectivity index is 1.95. The van der Waals surface area contributed by atoms with E-state index in [1.807, 2.05) is 0 Å². The minimum Gasteiger partial charge on any atom is -0.446 e. The van der Waals surface area contributed by atoms with Crippen LogP contribution in [0.15, 0.2) is 0 Å². The molecular formula is C27H54NO7P. The third-order valence-corrected chi connectivity index (χ3v) is 7.77. The van der Waals surface area contributed by atoms with Crippen LogP contribution >= 0.6 is 7.82 Å². The highest BCUT2D eigenvalue weighted by Crippen LogP contribution is 2.44. The molecule has 0 aromatic carbocycles. The van der Waals surface area contributed by atoms with E-state index in [0.717, 1.165) is 19.3 Å². The molecule has 2 atom stereocenters. The highest BCUT2D eigenvalue weighted by Gasteiger charge is 2.39. The number of amides is 1. The van der Waals surface area contributed by atoms with Crippen molar-refractivity contribution in [3.63, 3.8) is 0 Å². The van der Waals surface area contributed by atoms with E-state index >= 15 is 0 Å². The first-order valence-electron chi connectivity index (χ1n) is 14.6. The Bertz CT molecular complexity index is 584. The fourth-order valence-corrected chi connectivity index (χ4v) is 5.34. The Morgan fingerprint density at radius 3 is 1.83 bits per heavy atom. The summed E-state index contributed by atoms with van der Waals surface area (Å²) >= 11 is 0. The van der Waals surface area contributed by atoms with E-state index in [4.69, 9.17) is 18.5 Å². The lowest BCUT2D eigenvalue weighted by Gasteiger charge is -2.28. The number of ether oxygens (including phenoxy) is 2. The number of hydrogen-bond acceptors (Lipinski definition) is 6. The minimum absolute atomic E-state index is 0.0239. The molecule has 0 aromatic rings. The van der Waals surface area contributed by atoms with Crippen molar-refractivity contribution in [2.75, 3.05) is 33.0 Å². The van der Waals surface area contributed by atoms with Crippen molar-refractivity contribution in [2.45, 2.75) is 135 Å². The van der Waals surface area contributed by atoms with Crippen LogP contribution in [0.3, 0.4) is 0 Å². The zero-order chi connectivity index (χ0) is 26.4. The van der Waals surface area contributed by atoms with Crippen LogP contribution in [0.5, 0.6) is 0 Å². The van der Waals surface area contributed by atoms with E-state index in [0.29, 0.717) is 19.6 Å². The molecule has 9 heteroatoms. The molecule has 8 nitrogen and oxygen atoms in total. The van der Waals surface area contributed by atoms with Crippen LogP contribution in [0.25, 0.3) is 0 Å². The molecule has 36 heavy (non-hydrogen) atoms. The average Bonchev–Trinajstić information content (AvgIpc) is 3.33. The fraction of sp³-hybridized carbons (Fsp3) is 0.963. The zero-order valence-corrected chi connectivity index (χ0v) is 24.0. The largest absolute Gasteiger partial charge is 0.472 e. The summed E-state index contributed by atoms with van der Waals surface area (Å²) in [6.45, 7) is 4.85. The zero-order valence-electron chi connectivity index (χ0n) is 23.1. The van der Waals surface area contributed by atoms with Crippen LogP contribution in [0.2, 0.25) is 0 Å². The van der Waals surface area contributed by atoms with Gasteiger partial charge in [0, 0.05) is 13.2 Å². The number of carbonyl (C=O) groups is 1. The number of alkyl carbamates (subject to hydrolysis) is 1. The number of unbranched alkanes of at least 4 members (excludes halogenated alkanes) is 15. The molecule has 1 fully saturated rings. The Morgan fingerprint density at radius 1 is 0.833 bits per heavy atom. The number of hydrogen-bond donors (Lipinski definition) is 2. The van der Waals surface area contributed by atoms with Crippen LogP contribution in [0, 0.1) is 0 Å². The standard InChI is InChI=1S/C27H54NO7P/c1-3-5-6-7-8-9-10-11-12-13-14-15-16-17-18-19-22-28-26(29)32-24-27(21-20-23-33-27)25-35-36(30,31)34-4-2/h3-25H2,1-2H3,(H,28,29)(H,30,31). The van der Waals surface area contributed by atoms with Crippen LogP contribution in [-0.4, -0.2) is 49.6 Å². The van der Waals surface area contributed by atoms with E-state index < -0.39 is 19.5 Å². The third kappa shape index (κ3) is 17.7. The van der Waals surface area contributed by atoms with Gasteiger partial charge in [-0.1, -0.05) is 103 Å². The highest BCUT2D eigenvalue weighted by molar-refractivity contribution is 7.47. The van der Waals surface area contributed by atoms with Gasteiger partial charge in [0.2, 0.25) is 0 Å². The SMILES string of the molecule is CCCCCCCCCCCCCCCCCCNC(=O)OCC1(COP(=O)(O)OCC)CCCO1. The molecule has 2 unspecified atom stereocenters. The topological polar surface area (TPSA) is 103 Å². The Morgan fingerprint density at radius 2 is 1.36 bits per heavy atom. The lowest BCUT2D eigenvalue weighted by Crippen LogP contribution is -2.41. The van der Waals surface area contributed by atoms with E-state index in [9.17, 15) is 14.3 Å². The van der Waals surface area contributed by atoms with Crippen molar-refractivity contribution in [3.05, 3.63) is 0 Å². The summed E-state index contributed by atoms with van der Waals surface area (Å²) in [5, 5.41) is 2.78. The predicted octanol–water partition coefficient (Wildman–Crippen LogP) is 7.68. The summed E-state index contributed by atoms with van der Waals surface area (Å²) in [6, 6.07) is 0. The molecule has 0 aromatic heterocycles. The normalized spacial score (nSPS) is 19.3. The Labute approximate surface area is 220 Å². The van der Waals surface area contributed by atoms with Crippen LogP contribution in [-0.2, 0) is 23.1 Å². The smallest absolute Gasteiger partial charge is 0.446 e. The number of carbonyl (C=O) groups excluding carboxylic acids is 1. The van der Waals surface area contributed by atoms with Gasteiger partial charge in [0.05, 0.1) is 13.2 Å². The molecule has 0 spiro atoms. The summed E-state index contributed by atoms with van der Waals surface area (Å²) in [5.41, 5.74) is -0.902. The van der Waals surface area contributed by atoms with Crippen LogP contribution < -0.4 is 5.32 Å². The highest BCUT2D eigenvalue weighted by atomic mass is 31.2. The van der Waals surface area contributed by atoms with E-state index in [1.165, 1.54) is 89.9 Å². The molecule has 1 heterocycles. The quantitative estimate of drug-likeness (QED) is 0.0965. The van der Waals surface area contributed by atoms with Crippen molar-refractivity contribution in [1.82, 2.24) is 5.32 Å². The van der Waals surface area contributed by atoms with Crippen molar-refractivity contribution in [3.8, 4) is 0 Å². The molecular weight excluding hydrogens is 481 g/mol. The predicted molar refractivity (Wildman–Crippen MR) is 144 cm³/mol. The molecule has 2 N–H and O–H groups in total. The molecule has 0 radical (unpaired) electrons. The molecule has 1 aliphatic heterocycles. The molecule has 214 valence electrons. The van der Waals surface area contributed by atoms with Crippen molar-refractivity contribution >= 4 is 13.9 Å². The van der Waals surface area contributed by atoms with Gasteiger partial charge in [-0.15, -0.1) is 0 Å². The van der Waals surface area contributed by atoms with Gasteiger partial charge in [-0.05, 0) is 26.2 Å². The maximum atomic E-state index is 12.0. The molecule has 1 aliphatic rings. The van der Waals surface area contributed by atoms with Gasteiger partial charge in [0.25, 0.3) is 0 Å². The molecule has 0 saturated carbocycles. The lowest BCUT2D eigenvalue weighted by atomic mass is 10.0. The van der Waals surface area contributed by atoms with Gasteiger partial charge in [-0.2, -0.15) is 0 Å². The van der Waals surface area contributed by atoms with Crippen molar-refractivity contribution in [2.24, 2.45) is 0 Å². The van der Waals surface area contributed by atoms with Gasteiger partial charge in [0.1, 0.15) is 12.2 Å². The van der Waals surface area contributed by atoms with Crippen molar-refractivity contribution in [1.29, 1.82) is 0 Å². The monoisotopic (exact) mass is 535 g/mol. The first kappa shape index (κ1) is 33.4. The van der Waals surface area contributed by atoms with Crippen LogP contribution in [0.1, 0.15) is 129 Å². The summed E-state index contributed by atoms with van der Waals surface area (Å²) in [7, 11) is -4.12.